The van der Waals surface area contributed by atoms with E-state index in [1.165, 1.54) is 5.56 Å². The maximum Gasteiger partial charge on any atom is 0.162 e. The van der Waals surface area contributed by atoms with Crippen molar-refractivity contribution in [1.82, 2.24) is 29.9 Å². The number of ether oxygens (including phenoxy) is 2. The van der Waals surface area contributed by atoms with Crippen LogP contribution in [-0.4, -0.2) is 37.8 Å². The van der Waals surface area contributed by atoms with Gasteiger partial charge in [-0.15, -0.1) is 0 Å². The first kappa shape index (κ1) is 20.3. The van der Waals surface area contributed by atoms with Crippen LogP contribution >= 0.6 is 0 Å². The van der Waals surface area contributed by atoms with E-state index in [4.69, 9.17) is 14.6 Å². The zero-order valence-electron chi connectivity index (χ0n) is 18.0. The highest BCUT2D eigenvalue weighted by Crippen LogP contribution is 2.35. The van der Waals surface area contributed by atoms with E-state index in [-0.39, 0.29) is 6.04 Å². The van der Waals surface area contributed by atoms with Gasteiger partial charge in [0.1, 0.15) is 25.9 Å². The van der Waals surface area contributed by atoms with E-state index < -0.39 is 0 Å². The summed E-state index contributed by atoms with van der Waals surface area (Å²) in [5.74, 6) is 1.56. The predicted octanol–water partition coefficient (Wildman–Crippen LogP) is 3.37. The summed E-state index contributed by atoms with van der Waals surface area (Å²) >= 11 is 0. The van der Waals surface area contributed by atoms with E-state index >= 15 is 0 Å². The van der Waals surface area contributed by atoms with E-state index in [0.717, 1.165) is 41.3 Å². The van der Waals surface area contributed by atoms with Gasteiger partial charge in [-0.1, -0.05) is 30.3 Å². The first-order valence-electron chi connectivity index (χ1n) is 10.8. The van der Waals surface area contributed by atoms with Gasteiger partial charge in [0.05, 0.1) is 5.69 Å². The third-order valence-corrected chi connectivity index (χ3v) is 5.57. The van der Waals surface area contributed by atoms with Crippen LogP contribution < -0.4 is 14.8 Å². The van der Waals surface area contributed by atoms with Crippen molar-refractivity contribution >= 4 is 0 Å². The highest BCUT2D eigenvalue weighted by atomic mass is 16.6. The number of fused-ring (bicyclic) bond motifs is 1. The van der Waals surface area contributed by atoms with Gasteiger partial charge in [0.2, 0.25) is 0 Å². The Morgan fingerprint density at radius 1 is 1.06 bits per heavy atom. The van der Waals surface area contributed by atoms with Crippen LogP contribution in [0.5, 0.6) is 11.5 Å². The van der Waals surface area contributed by atoms with Gasteiger partial charge in [0.25, 0.3) is 0 Å². The number of aromatic nitrogens is 5. The van der Waals surface area contributed by atoms with Gasteiger partial charge in [-0.2, -0.15) is 10.2 Å². The first-order valence-corrected chi connectivity index (χ1v) is 10.8. The van der Waals surface area contributed by atoms with Crippen molar-refractivity contribution in [3.63, 3.8) is 0 Å². The van der Waals surface area contributed by atoms with Crippen LogP contribution in [0.2, 0.25) is 0 Å². The van der Waals surface area contributed by atoms with Gasteiger partial charge >= 0.3 is 0 Å². The van der Waals surface area contributed by atoms with E-state index in [9.17, 15) is 0 Å². The second-order valence-corrected chi connectivity index (χ2v) is 7.83. The van der Waals surface area contributed by atoms with Gasteiger partial charge in [0, 0.05) is 43.5 Å². The lowest BCUT2D eigenvalue weighted by Gasteiger charge is -2.20. The van der Waals surface area contributed by atoms with Crippen molar-refractivity contribution in [3.05, 3.63) is 78.5 Å². The van der Waals surface area contributed by atoms with Crippen LogP contribution in [0.25, 0.3) is 11.3 Å². The number of nitrogens with zero attached hydrogens (tertiary/aromatic N) is 5. The van der Waals surface area contributed by atoms with Crippen molar-refractivity contribution in [3.8, 4) is 22.8 Å². The maximum absolute atomic E-state index is 5.77. The number of rotatable bonds is 8. The number of aryl methyl sites for hydroxylation is 2. The molecule has 1 aliphatic heterocycles. The molecule has 164 valence electrons. The standard InChI is InChI=1S/C24H26N6O2/c1-29-15-20(24(28-29)19-7-8-22-23(13-19)32-12-11-31-22)14-26-21(18-5-3-2-4-6-18)9-10-30-17-25-16-27-30/h2-8,13,15-17,21,26H,9-12,14H2,1H3/t21-/m1/s1. The first-order chi connectivity index (χ1) is 15.8. The van der Waals surface area contributed by atoms with Crippen molar-refractivity contribution in [2.75, 3.05) is 13.2 Å². The molecule has 3 heterocycles. The fourth-order valence-electron chi connectivity index (χ4n) is 4.02. The highest BCUT2D eigenvalue weighted by molar-refractivity contribution is 5.66. The molecule has 0 saturated carbocycles. The molecule has 2 aromatic heterocycles. The third-order valence-electron chi connectivity index (χ3n) is 5.57. The van der Waals surface area contributed by atoms with Crippen LogP contribution in [0.15, 0.2) is 67.4 Å². The zero-order valence-corrected chi connectivity index (χ0v) is 18.0. The summed E-state index contributed by atoms with van der Waals surface area (Å²) in [5.41, 5.74) is 4.34. The molecule has 0 unspecified atom stereocenters. The monoisotopic (exact) mass is 430 g/mol. The summed E-state index contributed by atoms with van der Waals surface area (Å²) in [7, 11) is 1.95. The minimum atomic E-state index is 0.175. The Kier molecular flexibility index (Phi) is 5.85. The lowest BCUT2D eigenvalue weighted by molar-refractivity contribution is 0.171. The minimum Gasteiger partial charge on any atom is -0.486 e. The Labute approximate surface area is 186 Å². The van der Waals surface area contributed by atoms with Crippen LogP contribution in [0.4, 0.5) is 0 Å². The lowest BCUT2D eigenvalue weighted by Crippen LogP contribution is -2.22. The Bertz CT molecular complexity index is 1160. The Morgan fingerprint density at radius 3 is 2.72 bits per heavy atom. The molecule has 0 fully saturated rings. The molecule has 0 radical (unpaired) electrons. The van der Waals surface area contributed by atoms with Gasteiger partial charge in [0.15, 0.2) is 11.5 Å². The van der Waals surface area contributed by atoms with Crippen LogP contribution in [-0.2, 0) is 20.1 Å². The molecule has 1 N–H and O–H groups in total. The van der Waals surface area contributed by atoms with Gasteiger partial charge in [-0.05, 0) is 30.2 Å². The number of hydrogen-bond acceptors (Lipinski definition) is 6. The fourth-order valence-corrected chi connectivity index (χ4v) is 4.02. The molecular formula is C24H26N6O2. The molecule has 4 aromatic rings. The summed E-state index contributed by atoms with van der Waals surface area (Å²) < 4.78 is 15.1. The second kappa shape index (κ2) is 9.23. The van der Waals surface area contributed by atoms with Crippen molar-refractivity contribution in [2.24, 2.45) is 7.05 Å². The lowest BCUT2D eigenvalue weighted by atomic mass is 10.0. The smallest absolute Gasteiger partial charge is 0.162 e. The molecule has 8 heteroatoms. The fraction of sp³-hybridized carbons (Fsp3) is 0.292. The van der Waals surface area contributed by atoms with Crippen LogP contribution in [0.1, 0.15) is 23.6 Å². The summed E-state index contributed by atoms with van der Waals surface area (Å²) in [6.07, 6.45) is 6.29. The summed E-state index contributed by atoms with van der Waals surface area (Å²) in [4.78, 5) is 4.05. The molecule has 0 saturated heterocycles. The van der Waals surface area contributed by atoms with E-state index in [2.05, 4.69) is 45.9 Å². The maximum atomic E-state index is 5.77. The Morgan fingerprint density at radius 2 is 1.91 bits per heavy atom. The highest BCUT2D eigenvalue weighted by Gasteiger charge is 2.18. The summed E-state index contributed by atoms with van der Waals surface area (Å²) in [6, 6.07) is 16.7. The molecule has 1 atom stereocenters. The molecule has 0 spiro atoms. The van der Waals surface area contributed by atoms with E-state index in [1.54, 1.807) is 12.7 Å². The summed E-state index contributed by atoms with van der Waals surface area (Å²) in [6.45, 7) is 2.63. The molecule has 2 aromatic carbocycles. The normalized spacial score (nSPS) is 13.8. The van der Waals surface area contributed by atoms with Gasteiger partial charge in [-0.3, -0.25) is 9.36 Å². The molecule has 32 heavy (non-hydrogen) atoms. The largest absolute Gasteiger partial charge is 0.486 e. The van der Waals surface area contributed by atoms with Gasteiger partial charge in [-0.25, -0.2) is 4.98 Å². The van der Waals surface area contributed by atoms with E-state index in [0.29, 0.717) is 19.8 Å². The molecular weight excluding hydrogens is 404 g/mol. The average Bonchev–Trinajstić information content (AvgIpc) is 3.49. The average molecular weight is 431 g/mol. The minimum absolute atomic E-state index is 0.175. The van der Waals surface area contributed by atoms with Crippen molar-refractivity contribution in [2.45, 2.75) is 25.6 Å². The molecule has 0 bridgehead atoms. The second-order valence-electron chi connectivity index (χ2n) is 7.83. The third kappa shape index (κ3) is 4.50. The molecule has 1 aliphatic rings. The Hall–Kier alpha value is -3.65. The molecule has 0 aliphatic carbocycles. The zero-order chi connectivity index (χ0) is 21.8. The quantitative estimate of drug-likeness (QED) is 0.462. The Balaban J connectivity index is 1.35. The van der Waals surface area contributed by atoms with Crippen molar-refractivity contribution in [1.29, 1.82) is 0 Å². The van der Waals surface area contributed by atoms with Crippen LogP contribution in [0.3, 0.4) is 0 Å². The van der Waals surface area contributed by atoms with Gasteiger partial charge < -0.3 is 14.8 Å². The number of hydrogen-bond donors (Lipinski definition) is 1. The molecule has 5 rings (SSSR count). The number of benzene rings is 2. The molecule has 8 nitrogen and oxygen atoms in total. The number of nitrogens with one attached hydrogen (secondary N) is 1. The molecule has 0 amide bonds. The summed E-state index contributed by atoms with van der Waals surface area (Å²) in [5, 5.41) is 12.7. The predicted molar refractivity (Wildman–Crippen MR) is 120 cm³/mol. The topological polar surface area (TPSA) is 79.0 Å². The van der Waals surface area contributed by atoms with Crippen molar-refractivity contribution < 1.29 is 9.47 Å². The SMILES string of the molecule is Cn1cc(CN[C@H](CCn2cncn2)c2ccccc2)c(-c2ccc3c(c2)OCCO3)n1. The van der Waals surface area contributed by atoms with E-state index in [1.807, 2.05) is 40.7 Å². The van der Waals surface area contributed by atoms with Crippen LogP contribution in [0, 0.1) is 0 Å².